The summed E-state index contributed by atoms with van der Waals surface area (Å²) in [7, 11) is 0. The summed E-state index contributed by atoms with van der Waals surface area (Å²) >= 11 is 11.8. The van der Waals surface area contributed by atoms with E-state index in [4.69, 9.17) is 33.7 Å². The quantitative estimate of drug-likeness (QED) is 0.812. The number of ether oxygens (including phenoxy) is 1. The third-order valence-corrected chi connectivity index (χ3v) is 2.58. The molecule has 0 fully saturated rings. The summed E-state index contributed by atoms with van der Waals surface area (Å²) < 4.78 is 5.44. The molecular formula is C11H15Cl2NO. The lowest BCUT2D eigenvalue weighted by Gasteiger charge is -2.08. The topological polar surface area (TPSA) is 35.2 Å². The van der Waals surface area contributed by atoms with Gasteiger partial charge in [-0.3, -0.25) is 0 Å². The molecule has 0 radical (unpaired) electrons. The second kappa shape index (κ2) is 6.33. The van der Waals surface area contributed by atoms with Crippen LogP contribution in [0.4, 0.5) is 0 Å². The van der Waals surface area contributed by atoms with Crippen LogP contribution in [0.5, 0.6) is 0 Å². The minimum atomic E-state index is 0.172. The Morgan fingerprint density at radius 3 is 2.73 bits per heavy atom. The van der Waals surface area contributed by atoms with Gasteiger partial charge in [0, 0.05) is 22.7 Å². The summed E-state index contributed by atoms with van der Waals surface area (Å²) in [6.45, 7) is 3.11. The Balaban J connectivity index is 2.37. The van der Waals surface area contributed by atoms with Crippen molar-refractivity contribution in [3.63, 3.8) is 0 Å². The van der Waals surface area contributed by atoms with Crippen molar-refractivity contribution in [2.24, 2.45) is 5.73 Å². The highest BCUT2D eigenvalue weighted by Crippen LogP contribution is 2.21. The van der Waals surface area contributed by atoms with Crippen molar-refractivity contribution < 1.29 is 4.74 Å². The van der Waals surface area contributed by atoms with Gasteiger partial charge in [-0.15, -0.1) is 0 Å². The van der Waals surface area contributed by atoms with E-state index in [-0.39, 0.29) is 6.04 Å². The Labute approximate surface area is 100 Å². The van der Waals surface area contributed by atoms with Gasteiger partial charge >= 0.3 is 0 Å². The monoisotopic (exact) mass is 247 g/mol. The molecule has 1 aromatic carbocycles. The van der Waals surface area contributed by atoms with Gasteiger partial charge in [0.05, 0.1) is 6.61 Å². The highest BCUT2D eigenvalue weighted by molar-refractivity contribution is 6.35. The Bertz CT molecular complexity index is 315. The normalized spacial score (nSPS) is 12.8. The molecule has 0 bridgehead atoms. The molecule has 0 aliphatic heterocycles. The van der Waals surface area contributed by atoms with E-state index >= 15 is 0 Å². The first kappa shape index (κ1) is 12.8. The minimum absolute atomic E-state index is 0.172. The summed E-state index contributed by atoms with van der Waals surface area (Å²) in [6.07, 6.45) is 0.852. The maximum Gasteiger partial charge on any atom is 0.0731 e. The van der Waals surface area contributed by atoms with Crippen molar-refractivity contribution in [3.05, 3.63) is 33.8 Å². The third-order valence-electron chi connectivity index (χ3n) is 1.99. The number of hydrogen-bond donors (Lipinski definition) is 1. The first-order valence-electron chi connectivity index (χ1n) is 4.87. The predicted molar refractivity (Wildman–Crippen MR) is 64.4 cm³/mol. The van der Waals surface area contributed by atoms with Crippen molar-refractivity contribution in [2.75, 3.05) is 6.61 Å². The molecule has 84 valence electrons. The molecular weight excluding hydrogens is 233 g/mol. The van der Waals surface area contributed by atoms with Gasteiger partial charge < -0.3 is 10.5 Å². The van der Waals surface area contributed by atoms with Gasteiger partial charge in [-0.1, -0.05) is 29.3 Å². The van der Waals surface area contributed by atoms with Crippen LogP contribution in [0.15, 0.2) is 18.2 Å². The number of rotatable bonds is 5. The van der Waals surface area contributed by atoms with Crippen LogP contribution in [0.1, 0.15) is 18.9 Å². The lowest BCUT2D eigenvalue weighted by atomic mass is 10.2. The smallest absolute Gasteiger partial charge is 0.0731 e. The van der Waals surface area contributed by atoms with Crippen LogP contribution >= 0.6 is 23.2 Å². The molecule has 0 saturated heterocycles. The summed E-state index contributed by atoms with van der Waals surface area (Å²) in [5, 5.41) is 1.28. The Morgan fingerprint density at radius 1 is 1.40 bits per heavy atom. The zero-order valence-electron chi connectivity index (χ0n) is 8.67. The van der Waals surface area contributed by atoms with E-state index in [1.807, 2.05) is 13.0 Å². The molecule has 1 atom stereocenters. The molecule has 0 amide bonds. The first-order chi connectivity index (χ1) is 7.09. The third kappa shape index (κ3) is 4.85. The van der Waals surface area contributed by atoms with Crippen molar-refractivity contribution >= 4 is 23.2 Å². The van der Waals surface area contributed by atoms with Crippen molar-refractivity contribution in [1.82, 2.24) is 0 Å². The standard InChI is InChI=1S/C11H15Cl2NO/c1-8(14)4-5-15-7-9-2-3-10(12)6-11(9)13/h2-3,6,8H,4-5,7,14H2,1H3/t8-/m1/s1. The second-order valence-electron chi connectivity index (χ2n) is 3.55. The van der Waals surface area contributed by atoms with Gasteiger partial charge in [0.25, 0.3) is 0 Å². The molecule has 0 unspecified atom stereocenters. The van der Waals surface area contributed by atoms with Crippen LogP contribution < -0.4 is 5.73 Å². The summed E-state index contributed by atoms with van der Waals surface area (Å²) in [5.41, 5.74) is 6.55. The van der Waals surface area contributed by atoms with E-state index in [0.29, 0.717) is 23.3 Å². The summed E-state index contributed by atoms with van der Waals surface area (Å²) in [6, 6.07) is 5.56. The second-order valence-corrected chi connectivity index (χ2v) is 4.40. The zero-order chi connectivity index (χ0) is 11.3. The maximum absolute atomic E-state index is 5.98. The lowest BCUT2D eigenvalue weighted by molar-refractivity contribution is 0.115. The molecule has 0 aliphatic rings. The van der Waals surface area contributed by atoms with Crippen LogP contribution in [-0.2, 0) is 11.3 Å². The predicted octanol–water partition coefficient (Wildman–Crippen LogP) is 3.25. The fourth-order valence-corrected chi connectivity index (χ4v) is 1.55. The first-order valence-corrected chi connectivity index (χ1v) is 5.62. The summed E-state index contributed by atoms with van der Waals surface area (Å²) in [5.74, 6) is 0. The van der Waals surface area contributed by atoms with Gasteiger partial charge in [-0.2, -0.15) is 0 Å². The van der Waals surface area contributed by atoms with Crippen LogP contribution in [0.3, 0.4) is 0 Å². The van der Waals surface area contributed by atoms with E-state index < -0.39 is 0 Å². The maximum atomic E-state index is 5.98. The molecule has 0 heterocycles. The molecule has 2 N–H and O–H groups in total. The number of benzene rings is 1. The molecule has 0 spiro atoms. The number of nitrogens with two attached hydrogens (primary N) is 1. The summed E-state index contributed by atoms with van der Waals surface area (Å²) in [4.78, 5) is 0. The minimum Gasteiger partial charge on any atom is -0.377 e. The van der Waals surface area contributed by atoms with Gasteiger partial charge in [-0.05, 0) is 31.0 Å². The van der Waals surface area contributed by atoms with Gasteiger partial charge in [-0.25, -0.2) is 0 Å². The van der Waals surface area contributed by atoms with E-state index in [2.05, 4.69) is 0 Å². The molecule has 0 aliphatic carbocycles. The lowest BCUT2D eigenvalue weighted by Crippen LogP contribution is -2.17. The number of hydrogen-bond acceptors (Lipinski definition) is 2. The molecule has 4 heteroatoms. The SMILES string of the molecule is C[C@@H](N)CCOCc1ccc(Cl)cc1Cl. The largest absolute Gasteiger partial charge is 0.377 e. The molecule has 15 heavy (non-hydrogen) atoms. The van der Waals surface area contributed by atoms with Gasteiger partial charge in [0.15, 0.2) is 0 Å². The highest BCUT2D eigenvalue weighted by Gasteiger charge is 2.01. The molecule has 1 aromatic rings. The Hall–Kier alpha value is -0.280. The van der Waals surface area contributed by atoms with Crippen molar-refractivity contribution in [3.8, 4) is 0 Å². The Kier molecular flexibility index (Phi) is 5.40. The molecule has 1 rings (SSSR count). The molecule has 2 nitrogen and oxygen atoms in total. The fraction of sp³-hybridized carbons (Fsp3) is 0.455. The molecule has 0 saturated carbocycles. The average Bonchev–Trinajstić information content (AvgIpc) is 2.14. The van der Waals surface area contributed by atoms with Crippen LogP contribution in [0.2, 0.25) is 10.0 Å². The van der Waals surface area contributed by atoms with E-state index in [0.717, 1.165) is 12.0 Å². The zero-order valence-corrected chi connectivity index (χ0v) is 10.2. The van der Waals surface area contributed by atoms with E-state index in [1.165, 1.54) is 0 Å². The van der Waals surface area contributed by atoms with E-state index in [1.54, 1.807) is 12.1 Å². The fourth-order valence-electron chi connectivity index (χ4n) is 1.09. The van der Waals surface area contributed by atoms with Crippen LogP contribution in [0, 0.1) is 0 Å². The van der Waals surface area contributed by atoms with E-state index in [9.17, 15) is 0 Å². The molecule has 0 aromatic heterocycles. The van der Waals surface area contributed by atoms with Crippen molar-refractivity contribution in [2.45, 2.75) is 26.0 Å². The van der Waals surface area contributed by atoms with Gasteiger partial charge in [0.2, 0.25) is 0 Å². The van der Waals surface area contributed by atoms with Crippen LogP contribution in [0.25, 0.3) is 0 Å². The van der Waals surface area contributed by atoms with Gasteiger partial charge in [0.1, 0.15) is 0 Å². The average molecular weight is 248 g/mol. The Morgan fingerprint density at radius 2 is 2.13 bits per heavy atom. The number of halogens is 2. The van der Waals surface area contributed by atoms with Crippen LogP contribution in [-0.4, -0.2) is 12.6 Å². The highest BCUT2D eigenvalue weighted by atomic mass is 35.5. The van der Waals surface area contributed by atoms with Crippen molar-refractivity contribution in [1.29, 1.82) is 0 Å².